The van der Waals surface area contributed by atoms with Crippen LogP contribution in [0, 0.1) is 0 Å². The molecule has 0 bridgehead atoms. The molecule has 0 atom stereocenters. The fourth-order valence-electron chi connectivity index (χ4n) is 3.78. The first-order valence-corrected chi connectivity index (χ1v) is 11.0. The topological polar surface area (TPSA) is 87.2 Å². The fourth-order valence-corrected chi connectivity index (χ4v) is 3.78. The van der Waals surface area contributed by atoms with Gasteiger partial charge in [-0.3, -0.25) is 9.59 Å². The molecule has 1 aliphatic heterocycles. The number of rotatable bonds is 5. The Morgan fingerprint density at radius 2 is 1.38 bits per heavy atom. The maximum atomic E-state index is 12.5. The third-order valence-electron chi connectivity index (χ3n) is 5.49. The van der Waals surface area contributed by atoms with E-state index in [4.69, 9.17) is 0 Å². The van der Waals surface area contributed by atoms with Crippen molar-refractivity contribution < 1.29 is 9.59 Å². The molecule has 2 N–H and O–H groups in total. The van der Waals surface area contributed by atoms with E-state index in [1.54, 1.807) is 24.3 Å². The molecule has 1 saturated heterocycles. The molecule has 1 aliphatic rings. The van der Waals surface area contributed by atoms with Crippen LogP contribution in [0.4, 0.5) is 17.2 Å². The number of carbonyl (C=O) groups excluding carboxylic acids is 2. The lowest BCUT2D eigenvalue weighted by atomic mass is 10.1. The standard InChI is InChI=1S/C25H27N5O2/c1-18(31)26-21-12-8-20(9-13-21)25(32)27-22-10-6-19(7-11-22)23-14-15-24(29-28-23)30-16-4-2-3-5-17-30/h6-15H,2-5,16-17H2,1H3,(H,26,31)(H,27,32). The van der Waals surface area contributed by atoms with Crippen LogP contribution >= 0.6 is 0 Å². The molecular weight excluding hydrogens is 402 g/mol. The Balaban J connectivity index is 1.38. The summed E-state index contributed by atoms with van der Waals surface area (Å²) >= 11 is 0. The predicted octanol–water partition coefficient (Wildman–Crippen LogP) is 4.73. The lowest BCUT2D eigenvalue weighted by molar-refractivity contribution is -0.114. The van der Waals surface area contributed by atoms with Crippen molar-refractivity contribution >= 4 is 29.0 Å². The van der Waals surface area contributed by atoms with Crippen LogP contribution in [0.5, 0.6) is 0 Å². The molecule has 3 aromatic rings. The highest BCUT2D eigenvalue weighted by atomic mass is 16.2. The van der Waals surface area contributed by atoms with E-state index in [0.717, 1.165) is 30.2 Å². The summed E-state index contributed by atoms with van der Waals surface area (Å²) < 4.78 is 0. The molecule has 2 amide bonds. The molecule has 0 radical (unpaired) electrons. The maximum absolute atomic E-state index is 12.5. The van der Waals surface area contributed by atoms with Crippen LogP contribution in [0.1, 0.15) is 43.0 Å². The van der Waals surface area contributed by atoms with Gasteiger partial charge < -0.3 is 15.5 Å². The van der Waals surface area contributed by atoms with Crippen LogP contribution in [0.3, 0.4) is 0 Å². The summed E-state index contributed by atoms with van der Waals surface area (Å²) in [6, 6.07) is 18.3. The van der Waals surface area contributed by atoms with E-state index in [0.29, 0.717) is 16.9 Å². The highest BCUT2D eigenvalue weighted by Gasteiger charge is 2.12. The number of aromatic nitrogens is 2. The first kappa shape index (κ1) is 21.5. The molecule has 0 saturated carbocycles. The molecule has 0 spiro atoms. The Morgan fingerprint density at radius 1 is 0.750 bits per heavy atom. The van der Waals surface area contributed by atoms with Gasteiger partial charge in [0, 0.05) is 42.5 Å². The van der Waals surface area contributed by atoms with Crippen molar-refractivity contribution in [1.29, 1.82) is 0 Å². The summed E-state index contributed by atoms with van der Waals surface area (Å²) in [5.41, 5.74) is 3.60. The number of nitrogens with zero attached hydrogens (tertiary/aromatic N) is 3. The van der Waals surface area contributed by atoms with Crippen molar-refractivity contribution in [3.05, 3.63) is 66.2 Å². The largest absolute Gasteiger partial charge is 0.355 e. The Morgan fingerprint density at radius 3 is 1.97 bits per heavy atom. The summed E-state index contributed by atoms with van der Waals surface area (Å²) in [4.78, 5) is 25.9. The minimum Gasteiger partial charge on any atom is -0.355 e. The van der Waals surface area contributed by atoms with Crippen LogP contribution in [0.15, 0.2) is 60.7 Å². The normalized spacial score (nSPS) is 13.8. The van der Waals surface area contributed by atoms with E-state index in [9.17, 15) is 9.59 Å². The molecule has 2 aromatic carbocycles. The van der Waals surface area contributed by atoms with Gasteiger partial charge in [-0.2, -0.15) is 0 Å². The highest BCUT2D eigenvalue weighted by Crippen LogP contribution is 2.22. The van der Waals surface area contributed by atoms with Crippen LogP contribution < -0.4 is 15.5 Å². The molecule has 4 rings (SSSR count). The van der Waals surface area contributed by atoms with E-state index in [1.807, 2.05) is 36.4 Å². The Labute approximate surface area is 187 Å². The van der Waals surface area contributed by atoms with Crippen molar-refractivity contribution in [2.45, 2.75) is 32.6 Å². The molecule has 0 aliphatic carbocycles. The first-order valence-electron chi connectivity index (χ1n) is 11.0. The zero-order chi connectivity index (χ0) is 22.3. The summed E-state index contributed by atoms with van der Waals surface area (Å²) in [6.07, 6.45) is 4.98. The van der Waals surface area contributed by atoms with E-state index in [-0.39, 0.29) is 11.8 Å². The van der Waals surface area contributed by atoms with Gasteiger partial charge in [-0.05, 0) is 61.4 Å². The Kier molecular flexibility index (Phi) is 6.75. The fraction of sp³-hybridized carbons (Fsp3) is 0.280. The summed E-state index contributed by atoms with van der Waals surface area (Å²) in [5.74, 6) is 0.571. The molecular formula is C25H27N5O2. The average molecular weight is 430 g/mol. The van der Waals surface area contributed by atoms with Gasteiger partial charge in [0.1, 0.15) is 0 Å². The lowest BCUT2D eigenvalue weighted by Crippen LogP contribution is -2.25. The number of amides is 2. The van der Waals surface area contributed by atoms with Crippen LogP contribution in [0.2, 0.25) is 0 Å². The average Bonchev–Trinajstić information content (AvgIpc) is 3.09. The van der Waals surface area contributed by atoms with Gasteiger partial charge in [0.15, 0.2) is 5.82 Å². The molecule has 1 aromatic heterocycles. The van der Waals surface area contributed by atoms with Crippen molar-refractivity contribution in [2.75, 3.05) is 28.6 Å². The van der Waals surface area contributed by atoms with Crippen molar-refractivity contribution in [2.24, 2.45) is 0 Å². The van der Waals surface area contributed by atoms with Crippen LogP contribution in [0.25, 0.3) is 11.3 Å². The van der Waals surface area contributed by atoms with E-state index in [1.165, 1.54) is 32.6 Å². The summed E-state index contributed by atoms with van der Waals surface area (Å²) in [7, 11) is 0. The van der Waals surface area contributed by atoms with Crippen LogP contribution in [-0.2, 0) is 4.79 Å². The minimum absolute atomic E-state index is 0.149. The van der Waals surface area contributed by atoms with Crippen LogP contribution in [-0.4, -0.2) is 35.1 Å². The number of carbonyl (C=O) groups is 2. The smallest absolute Gasteiger partial charge is 0.255 e. The number of hydrogen-bond acceptors (Lipinski definition) is 5. The SMILES string of the molecule is CC(=O)Nc1ccc(C(=O)Nc2ccc(-c3ccc(N4CCCCCC4)nn3)cc2)cc1. The second kappa shape index (κ2) is 10.0. The van der Waals surface area contributed by atoms with Gasteiger partial charge in [-0.25, -0.2) is 0 Å². The molecule has 7 heteroatoms. The van der Waals surface area contributed by atoms with E-state index in [2.05, 4.69) is 25.7 Å². The van der Waals surface area contributed by atoms with E-state index < -0.39 is 0 Å². The van der Waals surface area contributed by atoms with Gasteiger partial charge in [0.2, 0.25) is 5.91 Å². The monoisotopic (exact) mass is 429 g/mol. The third kappa shape index (κ3) is 5.49. The summed E-state index contributed by atoms with van der Waals surface area (Å²) in [6.45, 7) is 3.52. The number of nitrogens with one attached hydrogen (secondary N) is 2. The van der Waals surface area contributed by atoms with Gasteiger partial charge in [-0.15, -0.1) is 10.2 Å². The molecule has 32 heavy (non-hydrogen) atoms. The lowest BCUT2D eigenvalue weighted by Gasteiger charge is -2.20. The van der Waals surface area contributed by atoms with Crippen molar-refractivity contribution in [1.82, 2.24) is 10.2 Å². The predicted molar refractivity (Wildman–Crippen MR) is 127 cm³/mol. The minimum atomic E-state index is -0.214. The molecule has 0 unspecified atom stereocenters. The quantitative estimate of drug-likeness (QED) is 0.612. The Bertz CT molecular complexity index is 1050. The summed E-state index contributed by atoms with van der Waals surface area (Å²) in [5, 5.41) is 14.4. The molecule has 164 valence electrons. The van der Waals surface area contributed by atoms with Gasteiger partial charge in [0.25, 0.3) is 5.91 Å². The Hall–Kier alpha value is -3.74. The van der Waals surface area contributed by atoms with E-state index >= 15 is 0 Å². The maximum Gasteiger partial charge on any atom is 0.255 e. The van der Waals surface area contributed by atoms with Gasteiger partial charge in [0.05, 0.1) is 5.69 Å². The number of hydrogen-bond donors (Lipinski definition) is 2. The van der Waals surface area contributed by atoms with Crippen molar-refractivity contribution in [3.63, 3.8) is 0 Å². The van der Waals surface area contributed by atoms with Crippen molar-refractivity contribution in [3.8, 4) is 11.3 Å². The molecule has 7 nitrogen and oxygen atoms in total. The highest BCUT2D eigenvalue weighted by molar-refractivity contribution is 6.04. The molecule has 2 heterocycles. The third-order valence-corrected chi connectivity index (χ3v) is 5.49. The second-order valence-electron chi connectivity index (χ2n) is 7.97. The van der Waals surface area contributed by atoms with Gasteiger partial charge in [-0.1, -0.05) is 25.0 Å². The first-order chi connectivity index (χ1) is 15.6. The second-order valence-corrected chi connectivity index (χ2v) is 7.97. The molecule has 1 fully saturated rings. The zero-order valence-corrected chi connectivity index (χ0v) is 18.2. The number of anilines is 3. The number of benzene rings is 2. The zero-order valence-electron chi connectivity index (χ0n) is 18.2. The van der Waals surface area contributed by atoms with Gasteiger partial charge >= 0.3 is 0 Å².